The van der Waals surface area contributed by atoms with Gasteiger partial charge in [0.1, 0.15) is 0 Å². The summed E-state index contributed by atoms with van der Waals surface area (Å²) >= 11 is 3.59. The summed E-state index contributed by atoms with van der Waals surface area (Å²) in [5.74, 6) is 0.0488. The topological polar surface area (TPSA) is 36.5 Å². The molecule has 0 aliphatic carbocycles. The van der Waals surface area contributed by atoms with Crippen molar-refractivity contribution in [1.29, 1.82) is 0 Å². The summed E-state index contributed by atoms with van der Waals surface area (Å²) < 4.78 is 0.932. The highest BCUT2D eigenvalue weighted by atomic mass is 79.9. The average Bonchev–Trinajstić information content (AvgIpc) is 2.93. The number of benzene rings is 2. The van der Waals surface area contributed by atoms with Crippen LogP contribution in [0.1, 0.15) is 15.9 Å². The molecular formula is C30H41BrN6O. The Labute approximate surface area is 236 Å². The minimum absolute atomic E-state index is 0.0488. The van der Waals surface area contributed by atoms with E-state index in [-0.39, 0.29) is 5.78 Å². The van der Waals surface area contributed by atoms with Gasteiger partial charge >= 0.3 is 0 Å². The van der Waals surface area contributed by atoms with Gasteiger partial charge in [-0.1, -0.05) is 22.0 Å². The minimum Gasteiger partial charge on any atom is -0.369 e. The van der Waals surface area contributed by atoms with Crippen LogP contribution >= 0.6 is 15.9 Å². The number of carbonyl (C=O) groups excluding carboxylic acids is 1. The predicted octanol–water partition coefficient (Wildman–Crippen LogP) is 3.60. The lowest BCUT2D eigenvalue weighted by Gasteiger charge is -2.37. The Morgan fingerprint density at radius 2 is 1.18 bits per heavy atom. The van der Waals surface area contributed by atoms with Crippen LogP contribution in [0.2, 0.25) is 0 Å². The number of piperazine rings is 3. The molecule has 0 atom stereocenters. The van der Waals surface area contributed by atoms with E-state index in [9.17, 15) is 4.79 Å². The lowest BCUT2D eigenvalue weighted by atomic mass is 10.0. The number of nitrogens with zero attached hydrogens (tertiary/aromatic N) is 6. The third kappa shape index (κ3) is 6.42. The Morgan fingerprint density at radius 3 is 1.76 bits per heavy atom. The maximum absolute atomic E-state index is 13.6. The van der Waals surface area contributed by atoms with Crippen LogP contribution in [0.25, 0.3) is 6.08 Å². The van der Waals surface area contributed by atoms with Gasteiger partial charge in [0.2, 0.25) is 0 Å². The zero-order valence-electron chi connectivity index (χ0n) is 23.1. The number of halogens is 1. The highest BCUT2D eigenvalue weighted by Gasteiger charge is 2.22. The number of likely N-dealkylation sites (N-methyl/N-ethyl adjacent to an activating group) is 3. The molecule has 2 aromatic carbocycles. The fourth-order valence-corrected chi connectivity index (χ4v) is 5.90. The molecule has 2 aromatic rings. The quantitative estimate of drug-likeness (QED) is 0.381. The first-order chi connectivity index (χ1) is 18.4. The van der Waals surface area contributed by atoms with Crippen LogP contribution in [-0.2, 0) is 0 Å². The van der Waals surface area contributed by atoms with Crippen molar-refractivity contribution in [1.82, 2.24) is 14.7 Å². The molecule has 3 fully saturated rings. The first-order valence-electron chi connectivity index (χ1n) is 13.8. The molecule has 0 aromatic heterocycles. The molecule has 0 N–H and O–H groups in total. The van der Waals surface area contributed by atoms with Gasteiger partial charge in [-0.15, -0.1) is 0 Å². The number of rotatable bonds is 6. The van der Waals surface area contributed by atoms with Crippen LogP contribution in [0.3, 0.4) is 0 Å². The lowest BCUT2D eigenvalue weighted by Crippen LogP contribution is -2.45. The van der Waals surface area contributed by atoms with Gasteiger partial charge in [-0.05, 0) is 69.2 Å². The standard InChI is InChI=1S/C30H41BrN6O/c1-32-10-16-35(17-11-32)26-7-4-24(29(23-26)37-20-14-34(3)15-21-37)5-9-30(38)27-22-25(31)6-8-28(27)36-18-12-33(2)13-19-36/h4-9,22-23H,10-21H2,1-3H3/b9-5+. The van der Waals surface area contributed by atoms with Gasteiger partial charge in [-0.2, -0.15) is 0 Å². The average molecular weight is 582 g/mol. The van der Waals surface area contributed by atoms with Crippen LogP contribution in [-0.4, -0.2) is 120 Å². The molecular weight excluding hydrogens is 540 g/mol. The number of ketones is 1. The van der Waals surface area contributed by atoms with E-state index in [1.54, 1.807) is 6.08 Å². The van der Waals surface area contributed by atoms with Crippen molar-refractivity contribution < 1.29 is 4.79 Å². The summed E-state index contributed by atoms with van der Waals surface area (Å²) in [6.07, 6.45) is 3.80. The fourth-order valence-electron chi connectivity index (χ4n) is 5.54. The highest BCUT2D eigenvalue weighted by Crippen LogP contribution is 2.31. The van der Waals surface area contributed by atoms with Crippen LogP contribution < -0.4 is 14.7 Å². The van der Waals surface area contributed by atoms with Gasteiger partial charge < -0.3 is 29.4 Å². The third-order valence-corrected chi connectivity index (χ3v) is 8.70. The summed E-state index contributed by atoms with van der Waals surface area (Å²) in [5, 5.41) is 0. The molecule has 3 aliphatic heterocycles. The summed E-state index contributed by atoms with van der Waals surface area (Å²) in [4.78, 5) is 28.0. The van der Waals surface area contributed by atoms with E-state index in [1.165, 1.54) is 11.4 Å². The molecule has 0 bridgehead atoms. The molecule has 3 aliphatic rings. The Bertz CT molecular complexity index is 1150. The molecule has 0 spiro atoms. The zero-order chi connectivity index (χ0) is 26.6. The monoisotopic (exact) mass is 580 g/mol. The predicted molar refractivity (Wildman–Crippen MR) is 163 cm³/mol. The van der Waals surface area contributed by atoms with Crippen molar-refractivity contribution >= 4 is 44.9 Å². The van der Waals surface area contributed by atoms with E-state index in [4.69, 9.17) is 0 Å². The van der Waals surface area contributed by atoms with Gasteiger partial charge in [0.15, 0.2) is 5.78 Å². The summed E-state index contributed by atoms with van der Waals surface area (Å²) in [6.45, 7) is 12.2. The Balaban J connectivity index is 1.41. The molecule has 0 radical (unpaired) electrons. The number of hydrogen-bond acceptors (Lipinski definition) is 7. The largest absolute Gasteiger partial charge is 0.369 e. The second kappa shape index (κ2) is 12.2. The molecule has 5 rings (SSSR count). The first kappa shape index (κ1) is 27.2. The number of anilines is 3. The van der Waals surface area contributed by atoms with E-state index in [1.807, 2.05) is 18.2 Å². The zero-order valence-corrected chi connectivity index (χ0v) is 24.7. The van der Waals surface area contributed by atoms with Crippen LogP contribution in [0.4, 0.5) is 17.1 Å². The maximum Gasteiger partial charge on any atom is 0.187 e. The van der Waals surface area contributed by atoms with E-state index >= 15 is 0 Å². The van der Waals surface area contributed by atoms with Crippen LogP contribution in [0, 0.1) is 0 Å². The fraction of sp³-hybridized carbons (Fsp3) is 0.500. The Kier molecular flexibility index (Phi) is 8.73. The Morgan fingerprint density at radius 1 is 0.658 bits per heavy atom. The van der Waals surface area contributed by atoms with Crippen molar-refractivity contribution in [2.24, 2.45) is 0 Å². The van der Waals surface area contributed by atoms with Gasteiger partial charge in [0, 0.05) is 106 Å². The molecule has 0 saturated carbocycles. The van der Waals surface area contributed by atoms with Gasteiger partial charge in [0.05, 0.1) is 0 Å². The molecule has 8 heteroatoms. The minimum atomic E-state index is 0.0488. The molecule has 3 heterocycles. The summed E-state index contributed by atoms with van der Waals surface area (Å²) in [7, 11) is 6.53. The van der Waals surface area contributed by atoms with E-state index < -0.39 is 0 Å². The third-order valence-electron chi connectivity index (χ3n) is 8.21. The summed E-state index contributed by atoms with van der Waals surface area (Å²) in [6, 6.07) is 12.9. The molecule has 38 heavy (non-hydrogen) atoms. The van der Waals surface area contributed by atoms with Crippen LogP contribution in [0.5, 0.6) is 0 Å². The molecule has 0 amide bonds. The smallest absolute Gasteiger partial charge is 0.187 e. The highest BCUT2D eigenvalue weighted by molar-refractivity contribution is 9.10. The second-order valence-electron chi connectivity index (χ2n) is 11.0. The number of carbonyl (C=O) groups is 1. The first-order valence-corrected chi connectivity index (χ1v) is 14.6. The second-order valence-corrected chi connectivity index (χ2v) is 11.9. The molecule has 204 valence electrons. The van der Waals surface area contributed by atoms with Crippen molar-refractivity contribution in [3.63, 3.8) is 0 Å². The molecule has 7 nitrogen and oxygen atoms in total. The Hall–Kier alpha value is -2.39. The summed E-state index contributed by atoms with van der Waals surface area (Å²) in [5.41, 5.74) is 5.40. The normalized spacial score (nSPS) is 20.5. The van der Waals surface area contributed by atoms with Crippen molar-refractivity contribution in [2.75, 3.05) is 114 Å². The van der Waals surface area contributed by atoms with E-state index in [2.05, 4.69) is 90.7 Å². The van der Waals surface area contributed by atoms with E-state index in [0.29, 0.717) is 0 Å². The van der Waals surface area contributed by atoms with Crippen molar-refractivity contribution in [2.45, 2.75) is 0 Å². The molecule has 0 unspecified atom stereocenters. The number of allylic oxidation sites excluding steroid dienone is 1. The number of hydrogen-bond donors (Lipinski definition) is 0. The maximum atomic E-state index is 13.6. The van der Waals surface area contributed by atoms with Crippen molar-refractivity contribution in [3.8, 4) is 0 Å². The SMILES string of the molecule is CN1CCN(c2ccc(/C=C/C(=O)c3cc(Br)ccc3N3CCN(C)CC3)c(N3CCN(C)CC3)c2)CC1. The van der Waals surface area contributed by atoms with Gasteiger partial charge in [0.25, 0.3) is 0 Å². The van der Waals surface area contributed by atoms with Crippen LogP contribution in [0.15, 0.2) is 46.9 Å². The van der Waals surface area contributed by atoms with Gasteiger partial charge in [-0.25, -0.2) is 0 Å². The van der Waals surface area contributed by atoms with Gasteiger partial charge in [-0.3, -0.25) is 4.79 Å². The lowest BCUT2D eigenvalue weighted by molar-refractivity contribution is 0.104. The van der Waals surface area contributed by atoms with Crippen molar-refractivity contribution in [3.05, 3.63) is 58.1 Å². The molecule has 3 saturated heterocycles. The van der Waals surface area contributed by atoms with E-state index in [0.717, 1.165) is 99.8 Å².